The topological polar surface area (TPSA) is 85.1 Å². The monoisotopic (exact) mass is 437 g/mol. The van der Waals surface area contributed by atoms with Crippen LogP contribution in [0.3, 0.4) is 0 Å². The maximum atomic E-state index is 12.8. The standard InChI is InChI=1S/C21H22F3N3O4/c22-21(23,24)14-31-20(29)27-12-16(25)19(28)26(17-8-4-5-9-18(17)27)10-11-30-13-15-6-2-1-3-7-15/h1-9,16H,10-14,25H2/t16-/m0/s1. The van der Waals surface area contributed by atoms with Crippen LogP contribution in [0.2, 0.25) is 0 Å². The second kappa shape index (κ2) is 9.80. The molecule has 2 aromatic carbocycles. The van der Waals surface area contributed by atoms with Crippen molar-refractivity contribution in [2.24, 2.45) is 5.73 Å². The van der Waals surface area contributed by atoms with Gasteiger partial charge in [-0.15, -0.1) is 0 Å². The lowest BCUT2D eigenvalue weighted by atomic mass is 10.2. The Labute approximate surface area is 177 Å². The van der Waals surface area contributed by atoms with Gasteiger partial charge in [0, 0.05) is 6.54 Å². The van der Waals surface area contributed by atoms with Gasteiger partial charge in [0.15, 0.2) is 6.61 Å². The van der Waals surface area contributed by atoms with Gasteiger partial charge in [-0.1, -0.05) is 42.5 Å². The van der Waals surface area contributed by atoms with E-state index in [1.807, 2.05) is 30.3 Å². The fourth-order valence-corrected chi connectivity index (χ4v) is 3.16. The molecule has 10 heteroatoms. The number of halogens is 3. The molecular formula is C21H22F3N3O4. The van der Waals surface area contributed by atoms with Crippen molar-refractivity contribution in [1.29, 1.82) is 0 Å². The van der Waals surface area contributed by atoms with E-state index in [0.29, 0.717) is 12.3 Å². The normalized spacial score (nSPS) is 16.6. The molecule has 0 bridgehead atoms. The maximum Gasteiger partial charge on any atom is 0.422 e. The molecule has 0 aliphatic carbocycles. The lowest BCUT2D eigenvalue weighted by molar-refractivity contribution is -0.159. The zero-order chi connectivity index (χ0) is 22.4. The Morgan fingerprint density at radius 2 is 1.71 bits per heavy atom. The van der Waals surface area contributed by atoms with Gasteiger partial charge in [0.05, 0.1) is 31.1 Å². The Morgan fingerprint density at radius 3 is 2.39 bits per heavy atom. The van der Waals surface area contributed by atoms with Gasteiger partial charge >= 0.3 is 12.3 Å². The molecule has 0 fully saturated rings. The Hall–Kier alpha value is -3.11. The minimum absolute atomic E-state index is 0.155. The van der Waals surface area contributed by atoms with E-state index in [1.54, 1.807) is 18.2 Å². The van der Waals surface area contributed by atoms with Crippen LogP contribution in [-0.4, -0.2) is 50.5 Å². The molecule has 2 amide bonds. The van der Waals surface area contributed by atoms with Gasteiger partial charge in [0.1, 0.15) is 6.04 Å². The van der Waals surface area contributed by atoms with Crippen molar-refractivity contribution in [3.8, 4) is 0 Å². The van der Waals surface area contributed by atoms with E-state index in [9.17, 15) is 22.8 Å². The number of carbonyl (C=O) groups is 2. The number of nitrogens with zero attached hydrogens (tertiary/aromatic N) is 2. The number of carbonyl (C=O) groups excluding carboxylic acids is 2. The molecule has 1 atom stereocenters. The van der Waals surface area contributed by atoms with Crippen LogP contribution in [0.4, 0.5) is 29.3 Å². The van der Waals surface area contributed by atoms with Crippen molar-refractivity contribution in [1.82, 2.24) is 0 Å². The van der Waals surface area contributed by atoms with Crippen molar-refractivity contribution in [3.63, 3.8) is 0 Å². The Morgan fingerprint density at radius 1 is 1.06 bits per heavy atom. The first kappa shape index (κ1) is 22.6. The van der Waals surface area contributed by atoms with Crippen LogP contribution < -0.4 is 15.5 Å². The van der Waals surface area contributed by atoms with E-state index >= 15 is 0 Å². The highest BCUT2D eigenvalue weighted by atomic mass is 19.4. The summed E-state index contributed by atoms with van der Waals surface area (Å²) in [5.41, 5.74) is 7.50. The summed E-state index contributed by atoms with van der Waals surface area (Å²) in [4.78, 5) is 27.5. The fraction of sp³-hybridized carbons (Fsp3) is 0.333. The predicted octanol–water partition coefficient (Wildman–Crippen LogP) is 3.08. The summed E-state index contributed by atoms with van der Waals surface area (Å²) in [5.74, 6) is -0.470. The van der Waals surface area contributed by atoms with Crippen molar-refractivity contribution < 1.29 is 32.2 Å². The van der Waals surface area contributed by atoms with Crippen LogP contribution in [0.5, 0.6) is 0 Å². The lowest BCUT2D eigenvalue weighted by Gasteiger charge is -2.25. The van der Waals surface area contributed by atoms with Gasteiger partial charge in [0.2, 0.25) is 5.91 Å². The van der Waals surface area contributed by atoms with E-state index in [2.05, 4.69) is 4.74 Å². The van der Waals surface area contributed by atoms with Crippen molar-refractivity contribution in [2.75, 3.05) is 36.1 Å². The zero-order valence-corrected chi connectivity index (χ0v) is 16.5. The molecule has 0 saturated heterocycles. The third-order valence-electron chi connectivity index (χ3n) is 4.58. The maximum absolute atomic E-state index is 12.8. The van der Waals surface area contributed by atoms with Gasteiger partial charge in [-0.2, -0.15) is 13.2 Å². The van der Waals surface area contributed by atoms with Crippen LogP contribution in [0.25, 0.3) is 0 Å². The quantitative estimate of drug-likeness (QED) is 0.702. The van der Waals surface area contributed by atoms with Crippen LogP contribution >= 0.6 is 0 Å². The van der Waals surface area contributed by atoms with Gasteiger partial charge < -0.3 is 20.1 Å². The molecule has 0 spiro atoms. The summed E-state index contributed by atoms with van der Waals surface area (Å²) in [7, 11) is 0. The molecular weight excluding hydrogens is 415 g/mol. The molecule has 2 N–H and O–H groups in total. The first-order valence-electron chi connectivity index (χ1n) is 9.55. The third kappa shape index (κ3) is 5.96. The third-order valence-corrected chi connectivity index (χ3v) is 4.58. The molecule has 0 saturated carbocycles. The number of benzene rings is 2. The Kier molecular flexibility index (Phi) is 7.13. The average molecular weight is 437 g/mol. The highest BCUT2D eigenvalue weighted by Crippen LogP contribution is 2.33. The van der Waals surface area contributed by atoms with Crippen LogP contribution in [-0.2, 0) is 20.9 Å². The van der Waals surface area contributed by atoms with Gasteiger partial charge in [-0.25, -0.2) is 4.79 Å². The van der Waals surface area contributed by atoms with Crippen LogP contribution in [0, 0.1) is 0 Å². The average Bonchev–Trinajstić information content (AvgIpc) is 2.85. The molecule has 0 radical (unpaired) electrons. The SMILES string of the molecule is N[C@H]1CN(C(=O)OCC(F)(F)F)c2ccccc2N(CCOCc2ccccc2)C1=O. The van der Waals surface area contributed by atoms with Gasteiger partial charge in [0.25, 0.3) is 0 Å². The number of anilines is 2. The van der Waals surface area contributed by atoms with Crippen molar-refractivity contribution >= 4 is 23.4 Å². The number of hydrogen-bond donors (Lipinski definition) is 1. The fourth-order valence-electron chi connectivity index (χ4n) is 3.16. The number of hydrogen-bond acceptors (Lipinski definition) is 5. The second-order valence-corrected chi connectivity index (χ2v) is 6.90. The molecule has 0 aromatic heterocycles. The summed E-state index contributed by atoms with van der Waals surface area (Å²) in [6, 6.07) is 14.7. The smallest absolute Gasteiger partial charge is 0.422 e. The predicted molar refractivity (Wildman–Crippen MR) is 108 cm³/mol. The highest BCUT2D eigenvalue weighted by molar-refractivity contribution is 6.05. The number of para-hydroxylation sites is 2. The van der Waals surface area contributed by atoms with Crippen molar-refractivity contribution in [3.05, 3.63) is 60.2 Å². The van der Waals surface area contributed by atoms with Crippen LogP contribution in [0.15, 0.2) is 54.6 Å². The van der Waals surface area contributed by atoms with E-state index in [1.165, 1.54) is 11.0 Å². The Balaban J connectivity index is 1.74. The summed E-state index contributed by atoms with van der Waals surface area (Å²) >= 11 is 0. The minimum atomic E-state index is -4.67. The first-order chi connectivity index (χ1) is 14.8. The second-order valence-electron chi connectivity index (χ2n) is 6.90. The summed E-state index contributed by atoms with van der Waals surface area (Å²) < 4.78 is 47.4. The molecule has 1 heterocycles. The highest BCUT2D eigenvalue weighted by Gasteiger charge is 2.36. The molecule has 3 rings (SSSR count). The number of nitrogens with two attached hydrogens (primary N) is 1. The molecule has 0 unspecified atom stereocenters. The summed E-state index contributed by atoms with van der Waals surface area (Å²) in [6.45, 7) is -1.34. The molecule has 1 aliphatic heterocycles. The molecule has 1 aliphatic rings. The lowest BCUT2D eigenvalue weighted by Crippen LogP contribution is -2.49. The van der Waals surface area contributed by atoms with E-state index in [4.69, 9.17) is 10.5 Å². The number of amides is 2. The number of fused-ring (bicyclic) bond motifs is 1. The van der Waals surface area contributed by atoms with E-state index < -0.39 is 30.8 Å². The molecule has 166 valence electrons. The van der Waals surface area contributed by atoms with E-state index in [0.717, 1.165) is 10.5 Å². The van der Waals surface area contributed by atoms with E-state index in [-0.39, 0.29) is 25.4 Å². The minimum Gasteiger partial charge on any atom is -0.439 e. The number of ether oxygens (including phenoxy) is 2. The molecule has 2 aromatic rings. The van der Waals surface area contributed by atoms with Gasteiger partial charge in [-0.05, 0) is 17.7 Å². The largest absolute Gasteiger partial charge is 0.439 e. The number of rotatable bonds is 6. The number of alkyl halides is 3. The summed E-state index contributed by atoms with van der Waals surface area (Å²) in [6.07, 6.45) is -5.89. The summed E-state index contributed by atoms with van der Waals surface area (Å²) in [5, 5.41) is 0. The molecule has 31 heavy (non-hydrogen) atoms. The first-order valence-corrected chi connectivity index (χ1v) is 9.55. The molecule has 7 nitrogen and oxygen atoms in total. The van der Waals surface area contributed by atoms with Crippen LogP contribution in [0.1, 0.15) is 5.56 Å². The van der Waals surface area contributed by atoms with Crippen molar-refractivity contribution in [2.45, 2.75) is 18.8 Å². The Bertz CT molecular complexity index is 908. The van der Waals surface area contributed by atoms with Gasteiger partial charge in [-0.3, -0.25) is 9.69 Å². The zero-order valence-electron chi connectivity index (χ0n) is 16.5.